The first kappa shape index (κ1) is 12.8. The minimum Gasteiger partial charge on any atom is -0.388 e. The van der Waals surface area contributed by atoms with Crippen LogP contribution in [0.4, 0.5) is 0 Å². The lowest BCUT2D eigenvalue weighted by atomic mass is 10.3. The molecular formula is C9H17N5OS. The predicted octanol–water partition coefficient (Wildman–Crippen LogP) is 0.959. The number of nitrogens with zero attached hydrogens (tertiary/aromatic N) is 2. The monoisotopic (exact) mass is 243 g/mol. The maximum absolute atomic E-state index is 11.4. The fourth-order valence-corrected chi connectivity index (χ4v) is 2.49. The van der Waals surface area contributed by atoms with Gasteiger partial charge in [0.15, 0.2) is 5.16 Å². The van der Waals surface area contributed by atoms with Crippen LogP contribution in [-0.2, 0) is 0 Å². The maximum Gasteiger partial charge on any atom is 0.344 e. The molecule has 90 valence electrons. The number of amidine groups is 1. The van der Waals surface area contributed by atoms with Gasteiger partial charge in [0.2, 0.25) is 0 Å². The molecule has 0 saturated heterocycles. The molecule has 7 heteroatoms. The van der Waals surface area contributed by atoms with Gasteiger partial charge in [0, 0.05) is 17.7 Å². The van der Waals surface area contributed by atoms with Gasteiger partial charge >= 0.3 is 5.69 Å². The SMILES string of the molecule is CC(CC(=N)N)Sc1n[nH]c(=O)n1C(C)C. The zero-order valence-electron chi connectivity index (χ0n) is 9.65. The topological polar surface area (TPSA) is 101 Å². The minimum atomic E-state index is -0.201. The molecule has 6 nitrogen and oxygen atoms in total. The molecule has 1 unspecified atom stereocenters. The first-order valence-electron chi connectivity index (χ1n) is 5.08. The first-order chi connectivity index (χ1) is 7.41. The molecule has 16 heavy (non-hydrogen) atoms. The van der Waals surface area contributed by atoms with E-state index in [1.807, 2.05) is 20.8 Å². The van der Waals surface area contributed by atoms with Gasteiger partial charge in [-0.05, 0) is 13.8 Å². The highest BCUT2D eigenvalue weighted by Gasteiger charge is 2.15. The van der Waals surface area contributed by atoms with Crippen molar-refractivity contribution in [2.45, 2.75) is 43.6 Å². The van der Waals surface area contributed by atoms with Crippen LogP contribution in [0, 0.1) is 5.41 Å². The first-order valence-corrected chi connectivity index (χ1v) is 5.96. The largest absolute Gasteiger partial charge is 0.388 e. The van der Waals surface area contributed by atoms with Gasteiger partial charge in [-0.15, -0.1) is 5.10 Å². The lowest BCUT2D eigenvalue weighted by molar-refractivity contribution is 0.533. The van der Waals surface area contributed by atoms with Crippen LogP contribution >= 0.6 is 11.8 Å². The molecule has 0 aliphatic rings. The Morgan fingerprint density at radius 1 is 1.62 bits per heavy atom. The average Bonchev–Trinajstić information content (AvgIpc) is 2.45. The number of aromatic nitrogens is 3. The minimum absolute atomic E-state index is 0.0679. The predicted molar refractivity (Wildman–Crippen MR) is 65.1 cm³/mol. The highest BCUT2D eigenvalue weighted by molar-refractivity contribution is 7.99. The second-order valence-corrected chi connectivity index (χ2v) is 5.34. The van der Waals surface area contributed by atoms with E-state index in [2.05, 4.69) is 10.2 Å². The molecule has 0 radical (unpaired) electrons. The van der Waals surface area contributed by atoms with Crippen LogP contribution < -0.4 is 11.4 Å². The van der Waals surface area contributed by atoms with Gasteiger partial charge in [-0.1, -0.05) is 18.7 Å². The second kappa shape index (κ2) is 5.20. The van der Waals surface area contributed by atoms with Crippen molar-refractivity contribution in [1.82, 2.24) is 14.8 Å². The third kappa shape index (κ3) is 3.13. The number of nitrogens with two attached hydrogens (primary N) is 1. The molecule has 0 aliphatic carbocycles. The number of rotatable bonds is 5. The Balaban J connectivity index is 2.81. The normalized spacial score (nSPS) is 13.0. The second-order valence-electron chi connectivity index (χ2n) is 3.93. The Bertz CT molecular complexity index is 422. The standard InChI is InChI=1S/C9H17N5OS/c1-5(2)14-8(15)12-13-9(14)16-6(3)4-7(10)11/h5-6H,4H2,1-3H3,(H3,10,11)(H,12,15). The van der Waals surface area contributed by atoms with Crippen LogP contribution in [0.25, 0.3) is 0 Å². The Morgan fingerprint density at radius 2 is 2.25 bits per heavy atom. The van der Waals surface area contributed by atoms with Crippen molar-refractivity contribution in [3.63, 3.8) is 0 Å². The van der Waals surface area contributed by atoms with Crippen molar-refractivity contribution in [1.29, 1.82) is 5.41 Å². The van der Waals surface area contributed by atoms with Gasteiger partial charge in [0.25, 0.3) is 0 Å². The van der Waals surface area contributed by atoms with Crippen molar-refractivity contribution in [2.75, 3.05) is 0 Å². The molecule has 0 fully saturated rings. The highest BCUT2D eigenvalue weighted by atomic mass is 32.2. The number of thioether (sulfide) groups is 1. The van der Waals surface area contributed by atoms with E-state index in [9.17, 15) is 4.79 Å². The molecule has 0 spiro atoms. The van der Waals surface area contributed by atoms with Crippen molar-refractivity contribution >= 4 is 17.6 Å². The Hall–Kier alpha value is -1.24. The van der Waals surface area contributed by atoms with Gasteiger partial charge in [0.1, 0.15) is 0 Å². The Morgan fingerprint density at radius 3 is 2.75 bits per heavy atom. The smallest absolute Gasteiger partial charge is 0.344 e. The van der Waals surface area contributed by atoms with Crippen LogP contribution in [0.5, 0.6) is 0 Å². The molecule has 0 aliphatic heterocycles. The zero-order valence-corrected chi connectivity index (χ0v) is 10.5. The highest BCUT2D eigenvalue weighted by Crippen LogP contribution is 2.23. The molecule has 0 bridgehead atoms. The van der Waals surface area contributed by atoms with Crippen molar-refractivity contribution < 1.29 is 0 Å². The Kier molecular flexibility index (Phi) is 4.17. The summed E-state index contributed by atoms with van der Waals surface area (Å²) < 4.78 is 1.60. The van der Waals surface area contributed by atoms with E-state index < -0.39 is 0 Å². The molecule has 1 heterocycles. The fraction of sp³-hybridized carbons (Fsp3) is 0.667. The third-order valence-electron chi connectivity index (χ3n) is 2.00. The van der Waals surface area contributed by atoms with E-state index in [1.165, 1.54) is 11.8 Å². The molecule has 1 aromatic rings. The van der Waals surface area contributed by atoms with Crippen LogP contribution in [0.3, 0.4) is 0 Å². The molecule has 0 amide bonds. The van der Waals surface area contributed by atoms with E-state index in [1.54, 1.807) is 4.57 Å². The number of nitrogens with one attached hydrogen (secondary N) is 2. The average molecular weight is 243 g/mol. The summed E-state index contributed by atoms with van der Waals surface area (Å²) >= 11 is 1.45. The molecule has 0 aromatic carbocycles. The summed E-state index contributed by atoms with van der Waals surface area (Å²) in [4.78, 5) is 11.4. The fourth-order valence-electron chi connectivity index (χ4n) is 1.36. The summed E-state index contributed by atoms with van der Waals surface area (Å²) in [5.74, 6) is 0.147. The van der Waals surface area contributed by atoms with Gasteiger partial charge in [-0.25, -0.2) is 9.89 Å². The number of H-pyrrole nitrogens is 1. The van der Waals surface area contributed by atoms with Gasteiger partial charge < -0.3 is 5.73 Å². The van der Waals surface area contributed by atoms with Crippen LogP contribution in [0.15, 0.2) is 9.95 Å². The molecule has 1 aromatic heterocycles. The summed E-state index contributed by atoms with van der Waals surface area (Å²) in [6.07, 6.45) is 0.490. The molecule has 1 rings (SSSR count). The van der Waals surface area contributed by atoms with E-state index in [0.29, 0.717) is 11.6 Å². The van der Waals surface area contributed by atoms with Gasteiger partial charge in [0.05, 0.1) is 5.84 Å². The van der Waals surface area contributed by atoms with Crippen LogP contribution in [-0.4, -0.2) is 25.9 Å². The quantitative estimate of drug-likeness (QED) is 0.407. The zero-order chi connectivity index (χ0) is 12.3. The van der Waals surface area contributed by atoms with Crippen molar-refractivity contribution in [3.8, 4) is 0 Å². The summed E-state index contributed by atoms with van der Waals surface area (Å²) in [6, 6.07) is 0.0679. The number of hydrogen-bond donors (Lipinski definition) is 3. The molecule has 4 N–H and O–H groups in total. The molecule has 0 saturated carbocycles. The number of hydrogen-bond acceptors (Lipinski definition) is 4. The third-order valence-corrected chi connectivity index (χ3v) is 3.07. The van der Waals surface area contributed by atoms with E-state index in [0.717, 1.165) is 0 Å². The summed E-state index contributed by atoms with van der Waals surface area (Å²) in [5, 5.41) is 14.4. The maximum atomic E-state index is 11.4. The van der Waals surface area contributed by atoms with E-state index in [4.69, 9.17) is 11.1 Å². The lowest BCUT2D eigenvalue weighted by Crippen LogP contribution is -2.20. The van der Waals surface area contributed by atoms with Gasteiger partial charge in [-0.3, -0.25) is 9.98 Å². The molecule has 1 atom stereocenters. The van der Waals surface area contributed by atoms with Crippen molar-refractivity contribution in [2.24, 2.45) is 5.73 Å². The van der Waals surface area contributed by atoms with E-state index in [-0.39, 0.29) is 22.8 Å². The van der Waals surface area contributed by atoms with Crippen LogP contribution in [0.2, 0.25) is 0 Å². The van der Waals surface area contributed by atoms with Crippen LogP contribution in [0.1, 0.15) is 33.2 Å². The Labute approximate surface area is 98.1 Å². The molecular weight excluding hydrogens is 226 g/mol. The summed E-state index contributed by atoms with van der Waals surface area (Å²) in [5.41, 5.74) is 5.12. The van der Waals surface area contributed by atoms with Crippen molar-refractivity contribution in [3.05, 3.63) is 10.5 Å². The van der Waals surface area contributed by atoms with Gasteiger partial charge in [-0.2, -0.15) is 0 Å². The summed E-state index contributed by atoms with van der Waals surface area (Å²) in [6.45, 7) is 5.81. The lowest BCUT2D eigenvalue weighted by Gasteiger charge is -2.12. The number of aromatic amines is 1. The van der Waals surface area contributed by atoms with E-state index >= 15 is 0 Å². The summed E-state index contributed by atoms with van der Waals surface area (Å²) in [7, 11) is 0.